The van der Waals surface area contributed by atoms with Gasteiger partial charge < -0.3 is 4.74 Å². The van der Waals surface area contributed by atoms with Crippen LogP contribution in [0.5, 0.6) is 0 Å². The Morgan fingerprint density at radius 1 is 1.00 bits per heavy atom. The lowest BCUT2D eigenvalue weighted by Gasteiger charge is -2.31. The summed E-state index contributed by atoms with van der Waals surface area (Å²) in [5.41, 5.74) is 1.44. The van der Waals surface area contributed by atoms with Crippen LogP contribution in [-0.4, -0.2) is 10.0 Å². The number of ether oxygens (including phenoxy) is 1. The summed E-state index contributed by atoms with van der Waals surface area (Å²) >= 11 is 2.49. The summed E-state index contributed by atoms with van der Waals surface area (Å²) in [6.45, 7) is 0.768. The molecule has 0 radical (unpaired) electrons. The standard InChI is InChI=1S/C15H21IO/c16-13-15(10-6-1-2-7-11-15)17-12-14-8-4-3-5-9-14/h3-5,8-9H,1-2,6-7,10-13H2. The zero-order valence-corrected chi connectivity index (χ0v) is 12.5. The highest BCUT2D eigenvalue weighted by Gasteiger charge is 2.30. The fraction of sp³-hybridized carbons (Fsp3) is 0.600. The first-order chi connectivity index (χ1) is 8.35. The van der Waals surface area contributed by atoms with Crippen molar-refractivity contribution >= 4 is 22.6 Å². The smallest absolute Gasteiger partial charge is 0.0776 e. The zero-order chi connectivity index (χ0) is 12.0. The predicted octanol–water partition coefficient (Wildman–Crippen LogP) is 4.73. The van der Waals surface area contributed by atoms with E-state index in [1.54, 1.807) is 0 Å². The average molecular weight is 344 g/mol. The minimum Gasteiger partial charge on any atom is -0.370 e. The molecule has 0 unspecified atom stereocenters. The van der Waals surface area contributed by atoms with E-state index in [0.29, 0.717) is 0 Å². The van der Waals surface area contributed by atoms with Crippen molar-refractivity contribution in [3.8, 4) is 0 Å². The van der Waals surface area contributed by atoms with Gasteiger partial charge in [0.2, 0.25) is 0 Å². The van der Waals surface area contributed by atoms with Crippen LogP contribution in [0.4, 0.5) is 0 Å². The van der Waals surface area contributed by atoms with Gasteiger partial charge in [-0.3, -0.25) is 0 Å². The topological polar surface area (TPSA) is 9.23 Å². The molecule has 1 nitrogen and oxygen atoms in total. The van der Waals surface area contributed by atoms with Crippen molar-refractivity contribution < 1.29 is 4.74 Å². The van der Waals surface area contributed by atoms with E-state index in [1.807, 2.05) is 0 Å². The van der Waals surface area contributed by atoms with E-state index >= 15 is 0 Å². The quantitative estimate of drug-likeness (QED) is 0.436. The van der Waals surface area contributed by atoms with Gasteiger partial charge in [0.15, 0.2) is 0 Å². The Bertz CT molecular complexity index is 315. The number of hydrogen-bond donors (Lipinski definition) is 0. The summed E-state index contributed by atoms with van der Waals surface area (Å²) in [6.07, 6.45) is 7.90. The third kappa shape index (κ3) is 3.95. The van der Waals surface area contributed by atoms with Crippen LogP contribution in [0.15, 0.2) is 30.3 Å². The van der Waals surface area contributed by atoms with Gasteiger partial charge in [0.25, 0.3) is 0 Å². The summed E-state index contributed by atoms with van der Waals surface area (Å²) in [4.78, 5) is 0. The molecule has 0 heterocycles. The van der Waals surface area contributed by atoms with Crippen LogP contribution in [-0.2, 0) is 11.3 Å². The van der Waals surface area contributed by atoms with Gasteiger partial charge in [-0.05, 0) is 18.4 Å². The molecule has 1 aliphatic rings. The third-order valence-electron chi connectivity index (χ3n) is 3.65. The molecule has 2 rings (SSSR count). The molecule has 1 saturated carbocycles. The molecule has 1 fully saturated rings. The van der Waals surface area contributed by atoms with Crippen LogP contribution in [0.3, 0.4) is 0 Å². The van der Waals surface area contributed by atoms with Crippen LogP contribution in [0.2, 0.25) is 0 Å². The fourth-order valence-electron chi connectivity index (χ4n) is 2.50. The first-order valence-electron chi connectivity index (χ1n) is 6.58. The van der Waals surface area contributed by atoms with Gasteiger partial charge in [0.1, 0.15) is 0 Å². The molecule has 0 bridgehead atoms. The number of halogens is 1. The lowest BCUT2D eigenvalue weighted by atomic mass is 9.96. The lowest BCUT2D eigenvalue weighted by Crippen LogP contribution is -2.33. The van der Waals surface area contributed by atoms with E-state index in [2.05, 4.69) is 52.9 Å². The minimum absolute atomic E-state index is 0.146. The van der Waals surface area contributed by atoms with Crippen LogP contribution < -0.4 is 0 Å². The lowest BCUT2D eigenvalue weighted by molar-refractivity contribution is -0.0472. The molecule has 0 aromatic heterocycles. The van der Waals surface area contributed by atoms with E-state index in [9.17, 15) is 0 Å². The van der Waals surface area contributed by atoms with Gasteiger partial charge in [-0.2, -0.15) is 0 Å². The van der Waals surface area contributed by atoms with Gasteiger partial charge in [-0.25, -0.2) is 0 Å². The molecule has 0 aliphatic heterocycles. The Morgan fingerprint density at radius 3 is 2.24 bits per heavy atom. The summed E-state index contributed by atoms with van der Waals surface area (Å²) in [6, 6.07) is 10.5. The van der Waals surface area contributed by atoms with Gasteiger partial charge in [-0.1, -0.05) is 78.6 Å². The molecule has 94 valence electrons. The normalized spacial score (nSPS) is 19.8. The molecule has 0 spiro atoms. The van der Waals surface area contributed by atoms with Crippen molar-refractivity contribution in [3.05, 3.63) is 35.9 Å². The van der Waals surface area contributed by atoms with Crippen molar-refractivity contribution in [3.63, 3.8) is 0 Å². The van der Waals surface area contributed by atoms with Gasteiger partial charge in [-0.15, -0.1) is 0 Å². The molecular weight excluding hydrogens is 323 g/mol. The van der Waals surface area contributed by atoms with E-state index in [-0.39, 0.29) is 5.60 Å². The van der Waals surface area contributed by atoms with Crippen LogP contribution in [0.25, 0.3) is 0 Å². The summed E-state index contributed by atoms with van der Waals surface area (Å²) in [5.74, 6) is 0. The maximum Gasteiger partial charge on any atom is 0.0776 e. The Kier molecular flexibility index (Phi) is 5.29. The summed E-state index contributed by atoms with van der Waals surface area (Å²) < 4.78 is 7.40. The highest BCUT2D eigenvalue weighted by molar-refractivity contribution is 14.1. The Labute approximate surface area is 118 Å². The number of benzene rings is 1. The first-order valence-corrected chi connectivity index (χ1v) is 8.11. The molecule has 2 heteroatoms. The fourth-order valence-corrected chi connectivity index (χ4v) is 3.48. The Hall–Kier alpha value is -0.0900. The van der Waals surface area contributed by atoms with Crippen LogP contribution >= 0.6 is 22.6 Å². The van der Waals surface area contributed by atoms with Gasteiger partial charge in [0.05, 0.1) is 12.2 Å². The summed E-state index contributed by atoms with van der Waals surface area (Å²) in [7, 11) is 0. The van der Waals surface area contributed by atoms with Crippen molar-refractivity contribution in [1.82, 2.24) is 0 Å². The number of hydrogen-bond acceptors (Lipinski definition) is 1. The first kappa shape index (κ1) is 13.3. The van der Waals surface area contributed by atoms with Crippen LogP contribution in [0, 0.1) is 0 Å². The molecule has 0 N–H and O–H groups in total. The molecule has 1 aromatic carbocycles. The van der Waals surface area contributed by atoms with Crippen molar-refractivity contribution in [2.75, 3.05) is 4.43 Å². The maximum absolute atomic E-state index is 6.28. The highest BCUT2D eigenvalue weighted by atomic mass is 127. The van der Waals surface area contributed by atoms with E-state index in [1.165, 1.54) is 44.1 Å². The molecule has 0 atom stereocenters. The number of alkyl halides is 1. The summed E-state index contributed by atoms with van der Waals surface area (Å²) in [5, 5.41) is 0. The molecule has 17 heavy (non-hydrogen) atoms. The van der Waals surface area contributed by atoms with Crippen molar-refractivity contribution in [2.45, 2.75) is 50.7 Å². The highest BCUT2D eigenvalue weighted by Crippen LogP contribution is 2.33. The second-order valence-electron chi connectivity index (χ2n) is 5.01. The molecule has 1 aromatic rings. The predicted molar refractivity (Wildman–Crippen MR) is 80.6 cm³/mol. The number of rotatable bonds is 4. The molecule has 0 saturated heterocycles. The molecular formula is C15H21IO. The van der Waals surface area contributed by atoms with E-state index in [4.69, 9.17) is 4.74 Å². The largest absolute Gasteiger partial charge is 0.370 e. The van der Waals surface area contributed by atoms with Gasteiger partial charge >= 0.3 is 0 Å². The third-order valence-corrected chi connectivity index (χ3v) is 5.04. The maximum atomic E-state index is 6.28. The van der Waals surface area contributed by atoms with E-state index in [0.717, 1.165) is 11.0 Å². The molecule has 1 aliphatic carbocycles. The second-order valence-corrected chi connectivity index (χ2v) is 5.77. The monoisotopic (exact) mass is 344 g/mol. The second kappa shape index (κ2) is 6.74. The zero-order valence-electron chi connectivity index (χ0n) is 10.3. The Balaban J connectivity index is 1.94. The molecule has 0 amide bonds. The van der Waals surface area contributed by atoms with Crippen molar-refractivity contribution in [1.29, 1.82) is 0 Å². The SMILES string of the molecule is ICC1(OCc2ccccc2)CCCCCC1. The van der Waals surface area contributed by atoms with Crippen molar-refractivity contribution in [2.24, 2.45) is 0 Å². The average Bonchev–Trinajstić information content (AvgIpc) is 2.64. The van der Waals surface area contributed by atoms with Crippen LogP contribution in [0.1, 0.15) is 44.1 Å². The Morgan fingerprint density at radius 2 is 1.65 bits per heavy atom. The van der Waals surface area contributed by atoms with E-state index < -0.39 is 0 Å². The van der Waals surface area contributed by atoms with Gasteiger partial charge in [0, 0.05) is 4.43 Å². The minimum atomic E-state index is 0.146.